The maximum atomic E-state index is 12.7. The van der Waals surface area contributed by atoms with Crippen molar-refractivity contribution in [3.63, 3.8) is 0 Å². The van der Waals surface area contributed by atoms with Gasteiger partial charge in [-0.1, -0.05) is 0 Å². The normalized spacial score (nSPS) is 11.2. The van der Waals surface area contributed by atoms with E-state index in [9.17, 15) is 4.79 Å². The van der Waals surface area contributed by atoms with Crippen LogP contribution >= 0.6 is 0 Å². The molecule has 0 aliphatic carbocycles. The van der Waals surface area contributed by atoms with Gasteiger partial charge in [-0.15, -0.1) is 5.10 Å². The number of pyridine rings is 1. The summed E-state index contributed by atoms with van der Waals surface area (Å²) in [4.78, 5) is 21.5. The highest BCUT2D eigenvalue weighted by atomic mass is 16.3. The molecule has 0 atom stereocenters. The number of carbonyl (C=O) groups excluding carboxylic acids is 1. The van der Waals surface area contributed by atoms with Gasteiger partial charge in [-0.2, -0.15) is 10.1 Å². The molecule has 25 heavy (non-hydrogen) atoms. The van der Waals surface area contributed by atoms with E-state index < -0.39 is 0 Å². The zero-order chi connectivity index (χ0) is 17.6. The van der Waals surface area contributed by atoms with Crippen LogP contribution in [0.3, 0.4) is 0 Å². The molecule has 4 heterocycles. The standard InChI is InChI=1S/C16H15N7O2/c1-8-6-11(12-9(2)22-23(3)14(12)17-8)15(24)19-16-18-13(20-21-16)10-4-5-25-7-10/h4-7H,1-3H3,(H2,18,19,20,21,24). The Hall–Kier alpha value is -3.49. The molecule has 0 saturated heterocycles. The van der Waals surface area contributed by atoms with Crippen LogP contribution < -0.4 is 5.32 Å². The molecule has 0 saturated carbocycles. The van der Waals surface area contributed by atoms with E-state index in [0.717, 1.165) is 22.3 Å². The predicted octanol–water partition coefficient (Wildman–Crippen LogP) is 2.22. The van der Waals surface area contributed by atoms with Gasteiger partial charge in [0.15, 0.2) is 11.5 Å². The third-order valence-electron chi connectivity index (χ3n) is 3.85. The van der Waals surface area contributed by atoms with E-state index in [1.807, 2.05) is 13.8 Å². The fourth-order valence-corrected chi connectivity index (χ4v) is 2.76. The number of aryl methyl sites for hydroxylation is 3. The largest absolute Gasteiger partial charge is 0.472 e. The summed E-state index contributed by atoms with van der Waals surface area (Å²) in [6, 6.07) is 3.48. The highest BCUT2D eigenvalue weighted by Crippen LogP contribution is 2.23. The minimum Gasteiger partial charge on any atom is -0.472 e. The van der Waals surface area contributed by atoms with Crippen LogP contribution in [-0.2, 0) is 7.05 Å². The van der Waals surface area contributed by atoms with E-state index in [1.54, 1.807) is 30.1 Å². The summed E-state index contributed by atoms with van der Waals surface area (Å²) < 4.78 is 6.68. The highest BCUT2D eigenvalue weighted by Gasteiger charge is 2.19. The Balaban J connectivity index is 1.69. The third-order valence-corrected chi connectivity index (χ3v) is 3.85. The van der Waals surface area contributed by atoms with E-state index >= 15 is 0 Å². The minimum atomic E-state index is -0.315. The Bertz CT molecular complexity index is 1080. The summed E-state index contributed by atoms with van der Waals surface area (Å²) in [6.07, 6.45) is 3.08. The second-order valence-corrected chi connectivity index (χ2v) is 5.69. The third kappa shape index (κ3) is 2.55. The summed E-state index contributed by atoms with van der Waals surface area (Å²) >= 11 is 0. The molecule has 4 aromatic rings. The number of aromatic amines is 1. The number of hydrogen-bond acceptors (Lipinski definition) is 6. The van der Waals surface area contributed by atoms with Gasteiger partial charge in [0, 0.05) is 12.7 Å². The first kappa shape index (κ1) is 15.1. The lowest BCUT2D eigenvalue weighted by molar-refractivity contribution is 0.102. The van der Waals surface area contributed by atoms with Crippen LogP contribution in [0, 0.1) is 13.8 Å². The highest BCUT2D eigenvalue weighted by molar-refractivity contribution is 6.12. The molecule has 1 amide bonds. The van der Waals surface area contributed by atoms with E-state index in [0.29, 0.717) is 17.0 Å². The van der Waals surface area contributed by atoms with Gasteiger partial charge in [0.05, 0.1) is 28.5 Å². The van der Waals surface area contributed by atoms with Gasteiger partial charge >= 0.3 is 0 Å². The van der Waals surface area contributed by atoms with Crippen molar-refractivity contribution in [3.05, 3.63) is 41.6 Å². The van der Waals surface area contributed by atoms with Gasteiger partial charge in [-0.3, -0.25) is 19.9 Å². The number of hydrogen-bond donors (Lipinski definition) is 2. The topological polar surface area (TPSA) is 115 Å². The number of fused-ring (bicyclic) bond motifs is 1. The summed E-state index contributed by atoms with van der Waals surface area (Å²) in [6.45, 7) is 3.68. The molecule has 0 spiro atoms. The number of rotatable bonds is 3. The van der Waals surface area contributed by atoms with Crippen molar-refractivity contribution in [2.45, 2.75) is 13.8 Å². The molecule has 9 heteroatoms. The van der Waals surface area contributed by atoms with Crippen molar-refractivity contribution in [2.24, 2.45) is 7.05 Å². The Morgan fingerprint density at radius 3 is 2.92 bits per heavy atom. The molecule has 0 bridgehead atoms. The average Bonchev–Trinajstić information content (AvgIpc) is 3.28. The molecule has 0 aromatic carbocycles. The maximum absolute atomic E-state index is 12.7. The van der Waals surface area contributed by atoms with Gasteiger partial charge in [0.2, 0.25) is 5.95 Å². The number of carbonyl (C=O) groups is 1. The quantitative estimate of drug-likeness (QED) is 0.592. The number of H-pyrrole nitrogens is 1. The van der Waals surface area contributed by atoms with E-state index in [-0.39, 0.29) is 11.9 Å². The number of anilines is 1. The fourth-order valence-electron chi connectivity index (χ4n) is 2.76. The van der Waals surface area contributed by atoms with Crippen molar-refractivity contribution in [3.8, 4) is 11.4 Å². The molecule has 4 rings (SSSR count). The van der Waals surface area contributed by atoms with Gasteiger partial charge in [-0.05, 0) is 26.0 Å². The smallest absolute Gasteiger partial charge is 0.258 e. The number of nitrogens with one attached hydrogen (secondary N) is 2. The second kappa shape index (κ2) is 5.55. The van der Waals surface area contributed by atoms with Crippen LogP contribution in [0.1, 0.15) is 21.7 Å². The zero-order valence-corrected chi connectivity index (χ0v) is 13.9. The van der Waals surface area contributed by atoms with Crippen LogP contribution in [0.4, 0.5) is 5.95 Å². The summed E-state index contributed by atoms with van der Waals surface area (Å²) in [5.41, 5.74) is 3.37. The molecule has 2 N–H and O–H groups in total. The Morgan fingerprint density at radius 2 is 2.16 bits per heavy atom. The number of amides is 1. The molecule has 0 unspecified atom stereocenters. The minimum absolute atomic E-state index is 0.186. The SMILES string of the molecule is Cc1cc(C(=O)Nc2n[nH]c(-c3ccoc3)n2)c2c(C)nn(C)c2n1. The van der Waals surface area contributed by atoms with E-state index in [1.165, 1.54) is 6.26 Å². The first-order valence-electron chi connectivity index (χ1n) is 7.60. The van der Waals surface area contributed by atoms with Gasteiger partial charge in [0.1, 0.15) is 6.26 Å². The fraction of sp³-hybridized carbons (Fsp3) is 0.188. The first-order valence-corrected chi connectivity index (χ1v) is 7.60. The number of nitrogens with zero attached hydrogens (tertiary/aromatic N) is 5. The summed E-state index contributed by atoms with van der Waals surface area (Å²) in [7, 11) is 1.80. The van der Waals surface area contributed by atoms with Crippen LogP contribution in [0.15, 0.2) is 29.1 Å². The maximum Gasteiger partial charge on any atom is 0.258 e. The molecule has 0 radical (unpaired) electrons. The predicted molar refractivity (Wildman–Crippen MR) is 90.0 cm³/mol. The van der Waals surface area contributed by atoms with Gasteiger partial charge in [0.25, 0.3) is 5.91 Å². The Kier molecular flexibility index (Phi) is 3.34. The van der Waals surface area contributed by atoms with Crippen LogP contribution in [-0.4, -0.2) is 35.9 Å². The lowest BCUT2D eigenvalue weighted by Gasteiger charge is -2.05. The van der Waals surface area contributed by atoms with Crippen LogP contribution in [0.2, 0.25) is 0 Å². The van der Waals surface area contributed by atoms with Crippen molar-refractivity contribution >= 4 is 22.9 Å². The van der Waals surface area contributed by atoms with Crippen LogP contribution in [0.25, 0.3) is 22.4 Å². The molecule has 126 valence electrons. The molecule has 0 fully saturated rings. The van der Waals surface area contributed by atoms with Gasteiger partial charge < -0.3 is 4.42 Å². The van der Waals surface area contributed by atoms with Crippen molar-refractivity contribution in [1.29, 1.82) is 0 Å². The van der Waals surface area contributed by atoms with Crippen molar-refractivity contribution < 1.29 is 9.21 Å². The molecule has 0 aliphatic rings. The lowest BCUT2D eigenvalue weighted by atomic mass is 10.1. The number of furan rings is 1. The molecule has 0 aliphatic heterocycles. The zero-order valence-electron chi connectivity index (χ0n) is 13.9. The lowest BCUT2D eigenvalue weighted by Crippen LogP contribution is -2.14. The van der Waals surface area contributed by atoms with E-state index in [2.05, 4.69) is 30.6 Å². The van der Waals surface area contributed by atoms with Crippen molar-refractivity contribution in [2.75, 3.05) is 5.32 Å². The molecule has 4 aromatic heterocycles. The van der Waals surface area contributed by atoms with Crippen LogP contribution in [0.5, 0.6) is 0 Å². The summed E-state index contributed by atoms with van der Waals surface area (Å²) in [5, 5.41) is 14.6. The van der Waals surface area contributed by atoms with Crippen molar-refractivity contribution in [1.82, 2.24) is 29.9 Å². The Morgan fingerprint density at radius 1 is 1.32 bits per heavy atom. The average molecular weight is 337 g/mol. The van der Waals surface area contributed by atoms with E-state index in [4.69, 9.17) is 4.42 Å². The van der Waals surface area contributed by atoms with Gasteiger partial charge in [-0.25, -0.2) is 4.98 Å². The Labute approximate surface area is 142 Å². The molecular formula is C16H15N7O2. The molecule has 9 nitrogen and oxygen atoms in total. The summed E-state index contributed by atoms with van der Waals surface area (Å²) in [5.74, 6) is 0.382. The second-order valence-electron chi connectivity index (χ2n) is 5.69. The first-order chi connectivity index (χ1) is 12.0. The number of aromatic nitrogens is 6. The molecular weight excluding hydrogens is 322 g/mol. The monoisotopic (exact) mass is 337 g/mol.